The van der Waals surface area contributed by atoms with Crippen molar-refractivity contribution in [2.75, 3.05) is 7.11 Å². The number of ether oxygens (including phenoxy) is 1. The van der Waals surface area contributed by atoms with Crippen LogP contribution < -0.4 is 4.74 Å². The number of hydrogen-bond acceptors (Lipinski definition) is 2. The van der Waals surface area contributed by atoms with Crippen molar-refractivity contribution in [3.05, 3.63) is 41.1 Å². The molecule has 0 amide bonds. The molecule has 0 saturated heterocycles. The van der Waals surface area contributed by atoms with E-state index in [1.807, 2.05) is 4.68 Å². The van der Waals surface area contributed by atoms with Crippen LogP contribution in [0.25, 0.3) is 5.69 Å². The Morgan fingerprint density at radius 2 is 1.86 bits per heavy atom. The minimum absolute atomic E-state index is 0.163. The van der Waals surface area contributed by atoms with Crippen molar-refractivity contribution < 1.29 is 4.74 Å². The lowest BCUT2D eigenvalue weighted by molar-refractivity contribution is 0.222. The van der Waals surface area contributed by atoms with Gasteiger partial charge in [-0.15, -0.1) is 0 Å². The van der Waals surface area contributed by atoms with Crippen molar-refractivity contribution in [2.24, 2.45) is 5.41 Å². The highest BCUT2D eigenvalue weighted by atomic mass is 16.5. The Kier molecular flexibility index (Phi) is 2.62. The zero-order valence-electron chi connectivity index (χ0n) is 14.1. The second-order valence-corrected chi connectivity index (χ2v) is 7.66. The van der Waals surface area contributed by atoms with Crippen LogP contribution >= 0.6 is 0 Å². The second-order valence-electron chi connectivity index (χ2n) is 7.66. The van der Waals surface area contributed by atoms with Gasteiger partial charge in [-0.05, 0) is 43.2 Å². The Hall–Kier alpha value is -1.77. The summed E-state index contributed by atoms with van der Waals surface area (Å²) in [6.45, 7) is 9.27. The number of hydrogen-bond donors (Lipinski definition) is 0. The maximum atomic E-state index is 5.80. The first kappa shape index (κ1) is 13.9. The number of rotatable bonds is 2. The maximum Gasteiger partial charge on any atom is 0.220 e. The van der Waals surface area contributed by atoms with E-state index in [0.29, 0.717) is 5.92 Å². The summed E-state index contributed by atoms with van der Waals surface area (Å²) >= 11 is 0. The first-order valence-corrected chi connectivity index (χ1v) is 8.14. The van der Waals surface area contributed by atoms with Gasteiger partial charge in [-0.1, -0.05) is 38.5 Å². The van der Waals surface area contributed by atoms with Gasteiger partial charge in [0.25, 0.3) is 0 Å². The smallest absolute Gasteiger partial charge is 0.220 e. The third-order valence-electron chi connectivity index (χ3n) is 6.45. The molecular formula is C19H24N2O. The minimum atomic E-state index is 0.163. The van der Waals surface area contributed by atoms with Gasteiger partial charge in [0.2, 0.25) is 5.88 Å². The molecule has 0 radical (unpaired) electrons. The lowest BCUT2D eigenvalue weighted by Gasteiger charge is -2.34. The van der Waals surface area contributed by atoms with Crippen LogP contribution in [0.3, 0.4) is 0 Å². The summed E-state index contributed by atoms with van der Waals surface area (Å²) < 4.78 is 7.80. The first-order valence-electron chi connectivity index (χ1n) is 8.14. The third kappa shape index (κ3) is 1.44. The normalized spacial score (nSPS) is 28.0. The van der Waals surface area contributed by atoms with Crippen LogP contribution in [0.5, 0.6) is 5.88 Å². The Morgan fingerprint density at radius 3 is 2.50 bits per heavy atom. The van der Waals surface area contributed by atoms with Gasteiger partial charge in [0.15, 0.2) is 0 Å². The van der Waals surface area contributed by atoms with Gasteiger partial charge in [0, 0.05) is 11.0 Å². The van der Waals surface area contributed by atoms with E-state index in [4.69, 9.17) is 9.84 Å². The van der Waals surface area contributed by atoms with E-state index in [0.717, 1.165) is 11.6 Å². The van der Waals surface area contributed by atoms with Crippen LogP contribution in [0, 0.1) is 12.3 Å². The van der Waals surface area contributed by atoms with E-state index in [1.165, 1.54) is 29.7 Å². The van der Waals surface area contributed by atoms with Crippen molar-refractivity contribution in [1.82, 2.24) is 9.78 Å². The van der Waals surface area contributed by atoms with Crippen molar-refractivity contribution in [3.8, 4) is 11.6 Å². The molecule has 1 fully saturated rings. The molecule has 3 heteroatoms. The highest BCUT2D eigenvalue weighted by Gasteiger charge is 2.62. The number of nitrogens with zero attached hydrogens (tertiary/aromatic N) is 2. The molecule has 1 aromatic carbocycles. The van der Waals surface area contributed by atoms with E-state index < -0.39 is 0 Å². The SMILES string of the molecule is COc1c2c(nn1-c1ccc(C)cc1)[C@]1(C)CC[C@H]2C1(C)C. The minimum Gasteiger partial charge on any atom is -0.481 e. The van der Waals surface area contributed by atoms with E-state index in [9.17, 15) is 0 Å². The molecule has 0 aliphatic heterocycles. The quantitative estimate of drug-likeness (QED) is 0.823. The summed E-state index contributed by atoms with van der Waals surface area (Å²) in [4.78, 5) is 0. The van der Waals surface area contributed by atoms with Gasteiger partial charge < -0.3 is 4.74 Å². The highest BCUT2D eigenvalue weighted by Crippen LogP contribution is 2.69. The Balaban J connectivity index is 1.93. The predicted octanol–water partition coefficient (Wildman–Crippen LogP) is 4.36. The van der Waals surface area contributed by atoms with E-state index in [2.05, 4.69) is 52.0 Å². The standard InChI is InChI=1S/C19H24N2O/c1-12-6-8-13(9-7-12)21-17(22-5)15-14-10-11-19(4,16(15)20-21)18(14,2)3/h6-9,14H,10-11H2,1-5H3/t14-,19+/m1/s1. The highest BCUT2D eigenvalue weighted by molar-refractivity contribution is 5.53. The zero-order chi connectivity index (χ0) is 15.7. The molecular weight excluding hydrogens is 272 g/mol. The number of aryl methyl sites for hydroxylation is 1. The molecule has 2 aliphatic carbocycles. The van der Waals surface area contributed by atoms with Crippen molar-refractivity contribution >= 4 is 0 Å². The van der Waals surface area contributed by atoms with Crippen LogP contribution in [0.2, 0.25) is 0 Å². The monoisotopic (exact) mass is 296 g/mol. The van der Waals surface area contributed by atoms with Gasteiger partial charge in [0.05, 0.1) is 18.5 Å². The zero-order valence-corrected chi connectivity index (χ0v) is 14.1. The lowest BCUT2D eigenvalue weighted by Crippen LogP contribution is -2.32. The fraction of sp³-hybridized carbons (Fsp3) is 0.526. The van der Waals surface area contributed by atoms with Crippen LogP contribution in [-0.2, 0) is 5.41 Å². The fourth-order valence-corrected chi connectivity index (χ4v) is 4.62. The molecule has 3 nitrogen and oxygen atoms in total. The average molecular weight is 296 g/mol. The van der Waals surface area contributed by atoms with Gasteiger partial charge in [-0.25, -0.2) is 4.68 Å². The first-order chi connectivity index (χ1) is 10.4. The summed E-state index contributed by atoms with van der Waals surface area (Å²) in [6, 6.07) is 8.49. The predicted molar refractivity (Wildman–Crippen MR) is 88.0 cm³/mol. The Morgan fingerprint density at radius 1 is 1.18 bits per heavy atom. The summed E-state index contributed by atoms with van der Waals surface area (Å²) in [5, 5.41) is 5.00. The van der Waals surface area contributed by atoms with E-state index >= 15 is 0 Å². The molecule has 1 heterocycles. The molecule has 2 aliphatic rings. The number of benzene rings is 1. The lowest BCUT2D eigenvalue weighted by atomic mass is 9.70. The molecule has 4 rings (SSSR count). The molecule has 22 heavy (non-hydrogen) atoms. The summed E-state index contributed by atoms with van der Waals surface area (Å²) in [5.41, 5.74) is 5.38. The summed E-state index contributed by atoms with van der Waals surface area (Å²) in [6.07, 6.45) is 2.47. The Labute approximate surface area is 132 Å². The molecule has 1 aromatic heterocycles. The molecule has 2 aromatic rings. The fourth-order valence-electron chi connectivity index (χ4n) is 4.62. The number of fused-ring (bicyclic) bond motifs is 5. The van der Waals surface area contributed by atoms with E-state index in [1.54, 1.807) is 7.11 Å². The van der Waals surface area contributed by atoms with Crippen molar-refractivity contribution in [2.45, 2.75) is 51.9 Å². The van der Waals surface area contributed by atoms with Crippen molar-refractivity contribution in [1.29, 1.82) is 0 Å². The van der Waals surface area contributed by atoms with Crippen molar-refractivity contribution in [3.63, 3.8) is 0 Å². The topological polar surface area (TPSA) is 27.1 Å². The number of aromatic nitrogens is 2. The van der Waals surface area contributed by atoms with Gasteiger partial charge >= 0.3 is 0 Å². The molecule has 0 N–H and O–H groups in total. The van der Waals surface area contributed by atoms with Gasteiger partial charge in [0.1, 0.15) is 0 Å². The van der Waals surface area contributed by atoms with Crippen LogP contribution in [-0.4, -0.2) is 16.9 Å². The van der Waals surface area contributed by atoms with E-state index in [-0.39, 0.29) is 10.8 Å². The molecule has 2 bridgehead atoms. The van der Waals surface area contributed by atoms with Gasteiger partial charge in [-0.2, -0.15) is 5.10 Å². The summed E-state index contributed by atoms with van der Waals surface area (Å²) in [7, 11) is 1.77. The average Bonchev–Trinajstić information content (AvgIpc) is 3.02. The Bertz CT molecular complexity index is 742. The largest absolute Gasteiger partial charge is 0.481 e. The van der Waals surface area contributed by atoms with Crippen LogP contribution in [0.15, 0.2) is 24.3 Å². The molecule has 0 unspecified atom stereocenters. The number of methoxy groups -OCH3 is 1. The third-order valence-corrected chi connectivity index (χ3v) is 6.45. The molecule has 1 saturated carbocycles. The second kappa shape index (κ2) is 4.15. The van der Waals surface area contributed by atoms with Crippen LogP contribution in [0.1, 0.15) is 56.4 Å². The van der Waals surface area contributed by atoms with Gasteiger partial charge in [-0.3, -0.25) is 0 Å². The molecule has 116 valence electrons. The molecule has 2 atom stereocenters. The van der Waals surface area contributed by atoms with Crippen LogP contribution in [0.4, 0.5) is 0 Å². The maximum absolute atomic E-state index is 5.80. The molecule has 0 spiro atoms. The summed E-state index contributed by atoms with van der Waals surface area (Å²) in [5.74, 6) is 1.49.